The number of nitrogens with one attached hydrogen (secondary N) is 1. The number of hydrogen-bond donors (Lipinski definition) is 1. The van der Waals surface area contributed by atoms with Crippen LogP contribution in [0.4, 0.5) is 0 Å². The van der Waals surface area contributed by atoms with Crippen molar-refractivity contribution in [3.63, 3.8) is 0 Å². The Morgan fingerprint density at radius 3 is 3.14 bits per heavy atom. The fourth-order valence-corrected chi connectivity index (χ4v) is 2.36. The van der Waals surface area contributed by atoms with Gasteiger partial charge in [-0.3, -0.25) is 9.78 Å². The van der Waals surface area contributed by atoms with Crippen LogP contribution >= 0.6 is 15.9 Å². The molecule has 1 aliphatic rings. The molecule has 1 aliphatic heterocycles. The molecule has 1 amide bonds. The molecule has 0 saturated heterocycles. The van der Waals surface area contributed by atoms with Gasteiger partial charge in [-0.05, 0) is 45.8 Å². The van der Waals surface area contributed by atoms with Crippen molar-refractivity contribution in [3.05, 3.63) is 52.3 Å². The van der Waals surface area contributed by atoms with E-state index in [4.69, 9.17) is 9.47 Å². The van der Waals surface area contributed by atoms with E-state index in [1.165, 1.54) is 12.4 Å². The summed E-state index contributed by atoms with van der Waals surface area (Å²) in [6.07, 6.45) is 4.60. The van der Waals surface area contributed by atoms with Crippen LogP contribution in [0.2, 0.25) is 0 Å². The molecular formula is C14H10BrN3O3. The van der Waals surface area contributed by atoms with Gasteiger partial charge in [-0.15, -0.1) is 0 Å². The second-order valence-corrected chi connectivity index (χ2v) is 5.03. The van der Waals surface area contributed by atoms with Crippen molar-refractivity contribution >= 4 is 28.1 Å². The monoisotopic (exact) mass is 347 g/mol. The van der Waals surface area contributed by atoms with Gasteiger partial charge in [0.2, 0.25) is 6.79 Å². The molecule has 21 heavy (non-hydrogen) atoms. The number of halogens is 1. The SMILES string of the molecule is O=C(NN=Cc1cc(Br)c2c(c1)OCO2)c1cccnc1. The summed E-state index contributed by atoms with van der Waals surface area (Å²) in [5.41, 5.74) is 3.66. The highest BCUT2D eigenvalue weighted by Crippen LogP contribution is 2.39. The van der Waals surface area contributed by atoms with Crippen molar-refractivity contribution < 1.29 is 14.3 Å². The number of rotatable bonds is 3. The number of nitrogens with zero attached hydrogens (tertiary/aromatic N) is 2. The molecule has 0 radical (unpaired) electrons. The maximum absolute atomic E-state index is 11.8. The summed E-state index contributed by atoms with van der Waals surface area (Å²) in [7, 11) is 0. The molecule has 0 unspecified atom stereocenters. The fraction of sp³-hybridized carbons (Fsp3) is 0.0714. The van der Waals surface area contributed by atoms with Gasteiger partial charge in [0, 0.05) is 12.4 Å². The highest BCUT2D eigenvalue weighted by Gasteiger charge is 2.17. The van der Waals surface area contributed by atoms with Crippen molar-refractivity contribution in [1.82, 2.24) is 10.4 Å². The molecule has 7 heteroatoms. The maximum Gasteiger partial charge on any atom is 0.272 e. The molecule has 1 aromatic carbocycles. The van der Waals surface area contributed by atoms with E-state index in [1.807, 2.05) is 6.07 Å². The van der Waals surface area contributed by atoms with E-state index >= 15 is 0 Å². The van der Waals surface area contributed by atoms with Crippen molar-refractivity contribution in [2.75, 3.05) is 6.79 Å². The lowest BCUT2D eigenvalue weighted by molar-refractivity contribution is 0.0955. The molecule has 0 saturated carbocycles. The van der Waals surface area contributed by atoms with Crippen LogP contribution in [0.25, 0.3) is 0 Å². The zero-order valence-corrected chi connectivity index (χ0v) is 12.3. The number of fused-ring (bicyclic) bond motifs is 1. The van der Waals surface area contributed by atoms with Gasteiger partial charge in [0.15, 0.2) is 11.5 Å². The Kier molecular flexibility index (Phi) is 3.83. The molecule has 0 bridgehead atoms. The topological polar surface area (TPSA) is 72.8 Å². The largest absolute Gasteiger partial charge is 0.454 e. The molecule has 2 heterocycles. The summed E-state index contributed by atoms with van der Waals surface area (Å²) in [5, 5.41) is 3.91. The van der Waals surface area contributed by atoms with Crippen LogP contribution in [0.5, 0.6) is 11.5 Å². The van der Waals surface area contributed by atoms with Gasteiger partial charge in [0.05, 0.1) is 16.3 Å². The van der Waals surface area contributed by atoms with Crippen LogP contribution in [0.15, 0.2) is 46.2 Å². The quantitative estimate of drug-likeness (QED) is 0.683. The number of ether oxygens (including phenoxy) is 2. The Bertz CT molecular complexity index is 704. The molecule has 6 nitrogen and oxygen atoms in total. The lowest BCUT2D eigenvalue weighted by Crippen LogP contribution is -2.17. The van der Waals surface area contributed by atoms with E-state index in [2.05, 4.69) is 31.4 Å². The molecular weight excluding hydrogens is 338 g/mol. The summed E-state index contributed by atoms with van der Waals surface area (Å²) in [5.74, 6) is 0.995. The van der Waals surface area contributed by atoms with Crippen molar-refractivity contribution in [2.24, 2.45) is 5.10 Å². The summed E-state index contributed by atoms with van der Waals surface area (Å²) in [6, 6.07) is 6.96. The third kappa shape index (κ3) is 3.03. The minimum Gasteiger partial charge on any atom is -0.454 e. The first-order valence-electron chi connectivity index (χ1n) is 6.06. The molecule has 0 aliphatic carbocycles. The molecule has 106 valence electrons. The number of pyridine rings is 1. The predicted molar refractivity (Wildman–Crippen MR) is 79.6 cm³/mol. The minimum absolute atomic E-state index is 0.201. The van der Waals surface area contributed by atoms with Crippen LogP contribution in [0.3, 0.4) is 0 Å². The first kappa shape index (κ1) is 13.6. The zero-order chi connectivity index (χ0) is 14.7. The lowest BCUT2D eigenvalue weighted by Gasteiger charge is -2.01. The lowest BCUT2D eigenvalue weighted by atomic mass is 10.2. The van der Waals surface area contributed by atoms with Gasteiger partial charge in [0.1, 0.15) is 0 Å². The molecule has 0 atom stereocenters. The Labute approximate surface area is 128 Å². The number of carbonyl (C=O) groups is 1. The summed E-state index contributed by atoms with van der Waals surface area (Å²) in [6.45, 7) is 0.201. The van der Waals surface area contributed by atoms with Gasteiger partial charge < -0.3 is 9.47 Å². The molecule has 3 rings (SSSR count). The average Bonchev–Trinajstić information content (AvgIpc) is 2.97. The number of amides is 1. The normalized spacial score (nSPS) is 12.6. The third-order valence-corrected chi connectivity index (χ3v) is 3.34. The highest BCUT2D eigenvalue weighted by molar-refractivity contribution is 9.10. The summed E-state index contributed by atoms with van der Waals surface area (Å²) >= 11 is 3.39. The molecule has 2 aromatic rings. The molecule has 1 aromatic heterocycles. The Hall–Kier alpha value is -2.41. The van der Waals surface area contributed by atoms with Crippen LogP contribution < -0.4 is 14.9 Å². The minimum atomic E-state index is -0.320. The van der Waals surface area contributed by atoms with Gasteiger partial charge in [0.25, 0.3) is 5.91 Å². The van der Waals surface area contributed by atoms with Gasteiger partial charge in [-0.1, -0.05) is 0 Å². The smallest absolute Gasteiger partial charge is 0.272 e. The summed E-state index contributed by atoms with van der Waals surface area (Å²) < 4.78 is 11.4. The third-order valence-electron chi connectivity index (χ3n) is 2.75. The molecule has 0 spiro atoms. The number of hydrogen-bond acceptors (Lipinski definition) is 5. The van der Waals surface area contributed by atoms with Crippen LogP contribution in [0.1, 0.15) is 15.9 Å². The van der Waals surface area contributed by atoms with Gasteiger partial charge in [-0.25, -0.2) is 5.43 Å². The van der Waals surface area contributed by atoms with Crippen molar-refractivity contribution in [2.45, 2.75) is 0 Å². The van der Waals surface area contributed by atoms with Gasteiger partial charge >= 0.3 is 0 Å². The maximum atomic E-state index is 11.8. The number of benzene rings is 1. The number of aromatic nitrogens is 1. The Balaban J connectivity index is 1.70. The van der Waals surface area contributed by atoms with Gasteiger partial charge in [-0.2, -0.15) is 5.10 Å². The van der Waals surface area contributed by atoms with E-state index in [1.54, 1.807) is 24.4 Å². The fourth-order valence-electron chi connectivity index (χ4n) is 1.79. The average molecular weight is 348 g/mol. The van der Waals surface area contributed by atoms with E-state index in [0.717, 1.165) is 10.0 Å². The van der Waals surface area contributed by atoms with Crippen molar-refractivity contribution in [1.29, 1.82) is 0 Å². The van der Waals surface area contributed by atoms with E-state index in [-0.39, 0.29) is 12.7 Å². The molecule has 0 fully saturated rings. The standard InChI is InChI=1S/C14H10BrN3O3/c15-11-4-9(5-12-13(11)21-8-20-12)6-17-18-14(19)10-2-1-3-16-7-10/h1-7H,8H2,(H,18,19). The second kappa shape index (κ2) is 5.92. The van der Waals surface area contributed by atoms with E-state index in [0.29, 0.717) is 17.1 Å². The van der Waals surface area contributed by atoms with Crippen LogP contribution in [-0.2, 0) is 0 Å². The first-order valence-corrected chi connectivity index (χ1v) is 6.86. The predicted octanol–water partition coefficient (Wildman–Crippen LogP) is 2.34. The number of hydrazone groups is 1. The number of carbonyl (C=O) groups excluding carboxylic acids is 1. The van der Waals surface area contributed by atoms with E-state index in [9.17, 15) is 4.79 Å². The van der Waals surface area contributed by atoms with Crippen LogP contribution in [-0.4, -0.2) is 23.9 Å². The van der Waals surface area contributed by atoms with Crippen LogP contribution in [0, 0.1) is 0 Å². The zero-order valence-electron chi connectivity index (χ0n) is 10.7. The summed E-state index contributed by atoms with van der Waals surface area (Å²) in [4.78, 5) is 15.6. The van der Waals surface area contributed by atoms with Crippen molar-refractivity contribution in [3.8, 4) is 11.5 Å². The highest BCUT2D eigenvalue weighted by atomic mass is 79.9. The first-order chi connectivity index (χ1) is 10.2. The van der Waals surface area contributed by atoms with E-state index < -0.39 is 0 Å². The second-order valence-electron chi connectivity index (χ2n) is 4.18. The molecule has 1 N–H and O–H groups in total. The Morgan fingerprint density at radius 2 is 2.33 bits per heavy atom. The Morgan fingerprint density at radius 1 is 1.43 bits per heavy atom.